The van der Waals surface area contributed by atoms with Gasteiger partial charge in [0.2, 0.25) is 10.0 Å². The van der Waals surface area contributed by atoms with Crippen LogP contribution in [-0.2, 0) is 16.6 Å². The van der Waals surface area contributed by atoms with E-state index in [0.717, 1.165) is 5.56 Å². The van der Waals surface area contributed by atoms with Gasteiger partial charge in [-0.2, -0.15) is 4.31 Å². The first-order chi connectivity index (χ1) is 13.6. The van der Waals surface area contributed by atoms with E-state index < -0.39 is 16.4 Å². The Kier molecular flexibility index (Phi) is 6.57. The second kappa shape index (κ2) is 8.63. The lowest BCUT2D eigenvalue weighted by molar-refractivity contribution is -0.274. The van der Waals surface area contributed by atoms with Crippen molar-refractivity contribution in [1.82, 2.24) is 9.21 Å². The van der Waals surface area contributed by atoms with Gasteiger partial charge in [0.25, 0.3) is 0 Å². The van der Waals surface area contributed by atoms with Crippen molar-refractivity contribution in [2.24, 2.45) is 0 Å². The van der Waals surface area contributed by atoms with Crippen LogP contribution in [0.4, 0.5) is 13.2 Å². The summed E-state index contributed by atoms with van der Waals surface area (Å²) in [6, 6.07) is 11.7. The summed E-state index contributed by atoms with van der Waals surface area (Å²) in [6.45, 7) is 3.99. The first-order valence-electron chi connectivity index (χ1n) is 8.80. The van der Waals surface area contributed by atoms with Crippen LogP contribution in [-0.4, -0.2) is 50.2 Å². The maximum atomic E-state index is 12.9. The molecule has 0 saturated carbocycles. The highest BCUT2D eigenvalue weighted by Gasteiger charge is 2.31. The van der Waals surface area contributed by atoms with Crippen molar-refractivity contribution in [3.8, 4) is 5.75 Å². The lowest BCUT2D eigenvalue weighted by atomic mass is 10.2. The van der Waals surface area contributed by atoms with E-state index in [4.69, 9.17) is 0 Å². The summed E-state index contributed by atoms with van der Waals surface area (Å²) in [5.41, 5.74) is 1.45. The molecular formula is C19H19BrF3N2O3S. The highest BCUT2D eigenvalue weighted by Crippen LogP contribution is 2.27. The fourth-order valence-electron chi connectivity index (χ4n) is 3.13. The molecule has 2 aromatic rings. The van der Waals surface area contributed by atoms with Crippen LogP contribution in [0.25, 0.3) is 0 Å². The van der Waals surface area contributed by atoms with Gasteiger partial charge in [0.15, 0.2) is 0 Å². The lowest BCUT2D eigenvalue weighted by Gasteiger charge is -2.34. The van der Waals surface area contributed by atoms with Crippen molar-refractivity contribution >= 4 is 26.0 Å². The predicted octanol–water partition coefficient (Wildman–Crippen LogP) is 3.96. The van der Waals surface area contributed by atoms with Crippen LogP contribution in [0, 0.1) is 13.0 Å². The second-order valence-corrected chi connectivity index (χ2v) is 9.35. The molecule has 0 N–H and O–H groups in total. The first kappa shape index (κ1) is 22.1. The van der Waals surface area contributed by atoms with Crippen molar-refractivity contribution in [2.45, 2.75) is 24.7 Å². The number of nitrogens with zero attached hydrogens (tertiary/aromatic N) is 2. The molecule has 3 rings (SSSR count). The predicted molar refractivity (Wildman–Crippen MR) is 105 cm³/mol. The number of sulfonamides is 1. The van der Waals surface area contributed by atoms with Crippen LogP contribution >= 0.6 is 15.9 Å². The number of hydrogen-bond donors (Lipinski definition) is 0. The van der Waals surface area contributed by atoms with Gasteiger partial charge in [-0.1, -0.05) is 18.2 Å². The van der Waals surface area contributed by atoms with Crippen molar-refractivity contribution in [2.75, 3.05) is 26.2 Å². The summed E-state index contributed by atoms with van der Waals surface area (Å²) in [5, 5.41) is 0. The molecule has 1 aliphatic heterocycles. The van der Waals surface area contributed by atoms with Crippen LogP contribution < -0.4 is 4.74 Å². The quantitative estimate of drug-likeness (QED) is 0.635. The van der Waals surface area contributed by atoms with E-state index >= 15 is 0 Å². The van der Waals surface area contributed by atoms with Gasteiger partial charge < -0.3 is 4.74 Å². The van der Waals surface area contributed by atoms with Crippen molar-refractivity contribution in [1.29, 1.82) is 0 Å². The summed E-state index contributed by atoms with van der Waals surface area (Å²) in [4.78, 5) is 2.32. The van der Waals surface area contributed by atoms with Crippen LogP contribution in [0.1, 0.15) is 11.1 Å². The normalized spacial score (nSPS) is 16.7. The smallest absolute Gasteiger partial charge is 0.406 e. The average Bonchev–Trinajstić information content (AvgIpc) is 2.65. The average molecular weight is 492 g/mol. The largest absolute Gasteiger partial charge is 0.573 e. The van der Waals surface area contributed by atoms with Crippen LogP contribution in [0.5, 0.6) is 5.75 Å². The monoisotopic (exact) mass is 491 g/mol. The Morgan fingerprint density at radius 1 is 1.10 bits per heavy atom. The molecule has 10 heteroatoms. The second-order valence-electron chi connectivity index (χ2n) is 6.65. The van der Waals surface area contributed by atoms with Gasteiger partial charge in [0.05, 0.1) is 4.90 Å². The van der Waals surface area contributed by atoms with Crippen LogP contribution in [0.3, 0.4) is 0 Å². The zero-order chi connectivity index (χ0) is 21.2. The molecule has 1 heterocycles. The summed E-state index contributed by atoms with van der Waals surface area (Å²) in [7, 11) is -3.60. The molecule has 0 amide bonds. The van der Waals surface area contributed by atoms with Gasteiger partial charge >= 0.3 is 6.36 Å². The minimum atomic E-state index is -4.71. The van der Waals surface area contributed by atoms with Gasteiger partial charge in [-0.3, -0.25) is 4.90 Å². The Labute approximate surface area is 176 Å². The molecule has 157 valence electrons. The molecule has 1 aliphatic rings. The molecule has 0 spiro atoms. The zero-order valence-electron chi connectivity index (χ0n) is 15.5. The Bertz CT molecular complexity index is 958. The molecule has 0 unspecified atom stereocenters. The summed E-state index contributed by atoms with van der Waals surface area (Å²) in [5.74, 6) is -0.265. The summed E-state index contributed by atoms with van der Waals surface area (Å²) >= 11 is 3.31. The Morgan fingerprint density at radius 3 is 2.31 bits per heavy atom. The van der Waals surface area contributed by atoms with Crippen LogP contribution in [0.15, 0.2) is 45.8 Å². The third kappa shape index (κ3) is 5.50. The number of alkyl halides is 3. The highest BCUT2D eigenvalue weighted by molar-refractivity contribution is 9.10. The molecule has 1 fully saturated rings. The first-order valence-corrected chi connectivity index (χ1v) is 11.0. The number of rotatable bonds is 5. The third-order valence-corrected chi connectivity index (χ3v) is 7.52. The third-order valence-electron chi connectivity index (χ3n) is 4.66. The molecule has 1 radical (unpaired) electrons. The fraction of sp³-hybridized carbons (Fsp3) is 0.368. The number of hydrogen-bond acceptors (Lipinski definition) is 4. The molecule has 5 nitrogen and oxygen atoms in total. The molecule has 1 saturated heterocycles. The van der Waals surface area contributed by atoms with Crippen LogP contribution in [0.2, 0.25) is 0 Å². The SMILES string of the molecule is Cc1c(Br)[c]ccc1S(=O)(=O)N1CCN(Cc2ccc(OC(F)(F)F)cc2)CC1. The zero-order valence-corrected chi connectivity index (χ0v) is 17.9. The lowest BCUT2D eigenvalue weighted by Crippen LogP contribution is -2.48. The summed E-state index contributed by atoms with van der Waals surface area (Å²) in [6.07, 6.45) is -4.71. The topological polar surface area (TPSA) is 49.9 Å². The maximum Gasteiger partial charge on any atom is 0.573 e. The number of halogens is 4. The van der Waals surface area contributed by atoms with Crippen molar-refractivity contribution in [3.05, 3.63) is 58.1 Å². The van der Waals surface area contributed by atoms with Crippen molar-refractivity contribution < 1.29 is 26.3 Å². The molecule has 2 aromatic carbocycles. The van der Waals surface area contributed by atoms with E-state index in [1.807, 2.05) is 0 Å². The van der Waals surface area contributed by atoms with E-state index in [-0.39, 0.29) is 10.6 Å². The Morgan fingerprint density at radius 2 is 1.72 bits per heavy atom. The number of ether oxygens (including phenoxy) is 1. The molecule has 0 bridgehead atoms. The van der Waals surface area contributed by atoms with E-state index in [0.29, 0.717) is 42.8 Å². The van der Waals surface area contributed by atoms with Gasteiger partial charge in [-0.25, -0.2) is 8.42 Å². The van der Waals surface area contributed by atoms with E-state index in [1.54, 1.807) is 31.2 Å². The number of piperazine rings is 1. The Balaban J connectivity index is 1.60. The minimum absolute atomic E-state index is 0.261. The Hall–Kier alpha value is -1.62. The van der Waals surface area contributed by atoms with E-state index in [2.05, 4.69) is 31.6 Å². The maximum absolute atomic E-state index is 12.9. The molecule has 0 aromatic heterocycles. The summed E-state index contributed by atoms with van der Waals surface area (Å²) < 4.78 is 68.5. The van der Waals surface area contributed by atoms with Crippen molar-refractivity contribution in [3.63, 3.8) is 0 Å². The standard InChI is InChI=1S/C19H19BrF3N2O3S/c1-14-17(20)3-2-4-18(14)29(26,27)25-11-9-24(10-12-25)13-15-5-7-16(8-6-15)28-19(21,22)23/h2,4-8H,9-13H2,1H3. The van der Waals surface area contributed by atoms with E-state index in [1.165, 1.54) is 16.4 Å². The molecular weight excluding hydrogens is 473 g/mol. The van der Waals surface area contributed by atoms with E-state index in [9.17, 15) is 21.6 Å². The van der Waals surface area contributed by atoms with Gasteiger partial charge in [0.1, 0.15) is 5.75 Å². The van der Waals surface area contributed by atoms with Gasteiger partial charge in [0, 0.05) is 37.2 Å². The molecule has 0 aliphatic carbocycles. The molecule has 0 atom stereocenters. The fourth-order valence-corrected chi connectivity index (χ4v) is 5.26. The highest BCUT2D eigenvalue weighted by atomic mass is 79.9. The minimum Gasteiger partial charge on any atom is -0.406 e. The van der Waals surface area contributed by atoms with Gasteiger partial charge in [-0.05, 0) is 58.2 Å². The number of benzene rings is 2. The molecule has 29 heavy (non-hydrogen) atoms. The van der Waals surface area contributed by atoms with Gasteiger partial charge in [-0.15, -0.1) is 13.2 Å².